The number of likely N-dealkylation sites (N-methyl/N-ethyl adjacent to an activating group) is 1. The summed E-state index contributed by atoms with van der Waals surface area (Å²) in [6.07, 6.45) is 2.59. The van der Waals surface area contributed by atoms with Crippen molar-refractivity contribution in [2.75, 3.05) is 26.5 Å². The van der Waals surface area contributed by atoms with Gasteiger partial charge >= 0.3 is 5.97 Å². The van der Waals surface area contributed by atoms with Crippen LogP contribution >= 0.6 is 0 Å². The van der Waals surface area contributed by atoms with E-state index in [1.165, 1.54) is 12.3 Å². The molecule has 2 rings (SSSR count). The Kier molecular flexibility index (Phi) is 5.64. The van der Waals surface area contributed by atoms with Gasteiger partial charge in [-0.2, -0.15) is 0 Å². The highest BCUT2D eigenvalue weighted by Gasteiger charge is 2.34. The van der Waals surface area contributed by atoms with E-state index in [-0.39, 0.29) is 23.0 Å². The van der Waals surface area contributed by atoms with E-state index < -0.39 is 9.84 Å². The summed E-state index contributed by atoms with van der Waals surface area (Å²) in [6.45, 7) is 3.05. The zero-order valence-corrected chi connectivity index (χ0v) is 14.5. The van der Waals surface area contributed by atoms with Crippen LogP contribution in [0, 0.1) is 0 Å². The van der Waals surface area contributed by atoms with Crippen LogP contribution in [0.3, 0.4) is 0 Å². The van der Waals surface area contributed by atoms with Crippen LogP contribution in [0.4, 0.5) is 0 Å². The third-order valence-corrected chi connectivity index (χ3v) is 4.94. The summed E-state index contributed by atoms with van der Waals surface area (Å²) in [7, 11) is -1.33. The number of carbonyl (C=O) groups excluding carboxylic acids is 1. The molecule has 1 aromatic carbocycles. The van der Waals surface area contributed by atoms with Gasteiger partial charge in [0.2, 0.25) is 0 Å². The highest BCUT2D eigenvalue weighted by molar-refractivity contribution is 7.90. The van der Waals surface area contributed by atoms with E-state index in [0.29, 0.717) is 25.3 Å². The highest BCUT2D eigenvalue weighted by atomic mass is 32.2. The number of nitrogens with zero attached hydrogens (tertiary/aromatic N) is 1. The molecule has 0 spiro atoms. The molecule has 2 unspecified atom stereocenters. The zero-order valence-electron chi connectivity index (χ0n) is 13.7. The molecule has 1 aromatic rings. The predicted octanol–water partition coefficient (Wildman–Crippen LogP) is 1.49. The van der Waals surface area contributed by atoms with Gasteiger partial charge in [-0.25, -0.2) is 8.42 Å². The molecule has 1 aliphatic heterocycles. The largest absolute Gasteiger partial charge is 0.494 e. The second kappa shape index (κ2) is 7.31. The molecule has 0 saturated carbocycles. The van der Waals surface area contributed by atoms with Gasteiger partial charge < -0.3 is 9.47 Å². The standard InChI is InChI=1S/C16H23NO5S/c1-12-10-15(16(18)22-12)17(2)8-5-9-21-13-6-4-7-14(11-13)23(3,19)20/h4,6-7,11-12,15H,5,8-10H2,1-3H3. The van der Waals surface area contributed by atoms with Gasteiger partial charge in [0, 0.05) is 19.2 Å². The van der Waals surface area contributed by atoms with E-state index in [4.69, 9.17) is 9.47 Å². The Balaban J connectivity index is 1.78. The van der Waals surface area contributed by atoms with Crippen molar-refractivity contribution in [1.82, 2.24) is 4.90 Å². The lowest BCUT2D eigenvalue weighted by Crippen LogP contribution is -2.36. The Morgan fingerprint density at radius 1 is 1.39 bits per heavy atom. The van der Waals surface area contributed by atoms with Gasteiger partial charge in [0.25, 0.3) is 0 Å². The summed E-state index contributed by atoms with van der Waals surface area (Å²) >= 11 is 0. The summed E-state index contributed by atoms with van der Waals surface area (Å²) in [6, 6.07) is 6.28. The Labute approximate surface area is 137 Å². The minimum atomic E-state index is -3.23. The van der Waals surface area contributed by atoms with Crippen molar-refractivity contribution in [3.05, 3.63) is 24.3 Å². The maximum absolute atomic E-state index is 11.7. The van der Waals surface area contributed by atoms with E-state index in [1.807, 2.05) is 18.9 Å². The number of rotatable bonds is 7. The van der Waals surface area contributed by atoms with Crippen molar-refractivity contribution >= 4 is 15.8 Å². The van der Waals surface area contributed by atoms with Gasteiger partial charge in [-0.3, -0.25) is 9.69 Å². The zero-order chi connectivity index (χ0) is 17.0. The fourth-order valence-electron chi connectivity index (χ4n) is 2.55. The van der Waals surface area contributed by atoms with Gasteiger partial charge in [0.1, 0.15) is 17.9 Å². The lowest BCUT2D eigenvalue weighted by atomic mass is 10.1. The smallest absolute Gasteiger partial charge is 0.323 e. The van der Waals surface area contributed by atoms with Crippen LogP contribution in [0.5, 0.6) is 5.75 Å². The molecule has 128 valence electrons. The van der Waals surface area contributed by atoms with Crippen LogP contribution < -0.4 is 4.74 Å². The SMILES string of the molecule is CC1CC(N(C)CCCOc2cccc(S(C)(=O)=O)c2)C(=O)O1. The molecular weight excluding hydrogens is 318 g/mol. The topological polar surface area (TPSA) is 72.9 Å². The second-order valence-electron chi connectivity index (χ2n) is 5.93. The molecule has 0 aliphatic carbocycles. The van der Waals surface area contributed by atoms with E-state index in [1.54, 1.807) is 18.2 Å². The molecule has 1 heterocycles. The van der Waals surface area contributed by atoms with E-state index in [2.05, 4.69) is 0 Å². The Hall–Kier alpha value is -1.60. The lowest BCUT2D eigenvalue weighted by Gasteiger charge is -2.20. The lowest BCUT2D eigenvalue weighted by molar-refractivity contribution is -0.144. The number of ether oxygens (including phenoxy) is 2. The molecule has 1 saturated heterocycles. The van der Waals surface area contributed by atoms with Crippen molar-refractivity contribution in [1.29, 1.82) is 0 Å². The molecule has 1 aliphatic rings. The van der Waals surface area contributed by atoms with Gasteiger partial charge in [0.15, 0.2) is 9.84 Å². The average molecular weight is 341 g/mol. The molecule has 1 fully saturated rings. The minimum Gasteiger partial charge on any atom is -0.494 e. The summed E-state index contributed by atoms with van der Waals surface area (Å²) in [5.41, 5.74) is 0. The number of carbonyl (C=O) groups is 1. The number of benzene rings is 1. The molecule has 0 amide bonds. The summed E-state index contributed by atoms with van der Waals surface area (Å²) in [4.78, 5) is 13.9. The van der Waals surface area contributed by atoms with Crippen LogP contribution in [0.2, 0.25) is 0 Å². The molecular formula is C16H23NO5S. The van der Waals surface area contributed by atoms with Gasteiger partial charge in [0.05, 0.1) is 11.5 Å². The number of hydrogen-bond donors (Lipinski definition) is 0. The Morgan fingerprint density at radius 3 is 2.74 bits per heavy atom. The number of hydrogen-bond acceptors (Lipinski definition) is 6. The average Bonchev–Trinajstić information content (AvgIpc) is 2.82. The number of cyclic esters (lactones) is 1. The molecule has 0 radical (unpaired) electrons. The molecule has 0 bridgehead atoms. The van der Waals surface area contributed by atoms with Gasteiger partial charge in [-0.1, -0.05) is 6.07 Å². The van der Waals surface area contributed by atoms with Crippen LogP contribution in [-0.2, 0) is 19.4 Å². The highest BCUT2D eigenvalue weighted by Crippen LogP contribution is 2.20. The normalized spacial score (nSPS) is 21.5. The first kappa shape index (κ1) is 17.7. The number of sulfone groups is 1. The maximum Gasteiger partial charge on any atom is 0.323 e. The Bertz CT molecular complexity index is 658. The van der Waals surface area contributed by atoms with Crippen LogP contribution in [0.25, 0.3) is 0 Å². The fraction of sp³-hybridized carbons (Fsp3) is 0.562. The van der Waals surface area contributed by atoms with E-state index >= 15 is 0 Å². The first-order valence-electron chi connectivity index (χ1n) is 7.61. The fourth-order valence-corrected chi connectivity index (χ4v) is 3.21. The van der Waals surface area contributed by atoms with Crippen molar-refractivity contribution in [2.45, 2.75) is 36.8 Å². The molecule has 6 nitrogen and oxygen atoms in total. The molecule has 0 N–H and O–H groups in total. The van der Waals surface area contributed by atoms with E-state index in [9.17, 15) is 13.2 Å². The molecule has 2 atom stereocenters. The summed E-state index contributed by atoms with van der Waals surface area (Å²) in [5, 5.41) is 0. The maximum atomic E-state index is 11.7. The quantitative estimate of drug-likeness (QED) is 0.553. The summed E-state index contributed by atoms with van der Waals surface area (Å²) in [5.74, 6) is 0.367. The van der Waals surface area contributed by atoms with Crippen molar-refractivity contribution < 1.29 is 22.7 Å². The van der Waals surface area contributed by atoms with Crippen LogP contribution in [0.15, 0.2) is 29.2 Å². The van der Waals surface area contributed by atoms with Crippen LogP contribution in [-0.4, -0.2) is 57.9 Å². The second-order valence-corrected chi connectivity index (χ2v) is 7.94. The minimum absolute atomic E-state index is 0.0232. The first-order chi connectivity index (χ1) is 10.8. The number of esters is 1. The third-order valence-electron chi connectivity index (χ3n) is 3.83. The first-order valence-corrected chi connectivity index (χ1v) is 9.50. The molecule has 23 heavy (non-hydrogen) atoms. The van der Waals surface area contributed by atoms with Crippen LogP contribution in [0.1, 0.15) is 19.8 Å². The monoisotopic (exact) mass is 341 g/mol. The van der Waals surface area contributed by atoms with E-state index in [0.717, 1.165) is 6.42 Å². The van der Waals surface area contributed by atoms with Gasteiger partial charge in [-0.15, -0.1) is 0 Å². The van der Waals surface area contributed by atoms with Crippen molar-refractivity contribution in [2.24, 2.45) is 0 Å². The molecule has 0 aromatic heterocycles. The third kappa shape index (κ3) is 4.94. The predicted molar refractivity (Wildman–Crippen MR) is 86.3 cm³/mol. The van der Waals surface area contributed by atoms with Crippen molar-refractivity contribution in [3.8, 4) is 5.75 Å². The van der Waals surface area contributed by atoms with Crippen molar-refractivity contribution in [3.63, 3.8) is 0 Å². The summed E-state index contributed by atoms with van der Waals surface area (Å²) < 4.78 is 33.7. The molecule has 7 heteroatoms. The van der Waals surface area contributed by atoms with Gasteiger partial charge in [-0.05, 0) is 38.6 Å². The Morgan fingerprint density at radius 2 is 2.13 bits per heavy atom.